The van der Waals surface area contributed by atoms with Crippen molar-refractivity contribution in [2.24, 2.45) is 0 Å². The first kappa shape index (κ1) is 11.3. The van der Waals surface area contributed by atoms with Crippen molar-refractivity contribution in [1.82, 2.24) is 9.55 Å². The molecular formula is C12H13ClN2OS. The van der Waals surface area contributed by atoms with Gasteiger partial charge in [0.2, 0.25) is 0 Å². The Hall–Kier alpha value is -0.840. The zero-order valence-corrected chi connectivity index (χ0v) is 10.9. The van der Waals surface area contributed by atoms with Crippen LogP contribution in [-0.2, 0) is 19.6 Å². The largest absolute Gasteiger partial charge is 0.390 e. The molecule has 0 saturated carbocycles. The average molecular weight is 269 g/mol. The molecule has 0 fully saturated rings. The van der Waals surface area contributed by atoms with E-state index in [2.05, 4.69) is 9.55 Å². The Bertz CT molecular complexity index is 547. The van der Waals surface area contributed by atoms with Gasteiger partial charge in [-0.05, 0) is 25.0 Å². The van der Waals surface area contributed by atoms with Gasteiger partial charge in [-0.15, -0.1) is 11.3 Å². The second-order valence-corrected chi connectivity index (χ2v) is 5.91. The van der Waals surface area contributed by atoms with Gasteiger partial charge in [0.05, 0.1) is 21.5 Å². The van der Waals surface area contributed by atoms with Gasteiger partial charge < -0.3 is 9.67 Å². The van der Waals surface area contributed by atoms with E-state index in [1.165, 1.54) is 24.2 Å². The van der Waals surface area contributed by atoms with E-state index >= 15 is 0 Å². The van der Waals surface area contributed by atoms with E-state index in [4.69, 9.17) is 11.6 Å². The zero-order chi connectivity index (χ0) is 11.8. The third kappa shape index (κ3) is 1.90. The monoisotopic (exact) mass is 268 g/mol. The van der Waals surface area contributed by atoms with Crippen LogP contribution in [0.15, 0.2) is 12.1 Å². The number of fused-ring (bicyclic) bond motifs is 1. The minimum absolute atomic E-state index is 0.0395. The fourth-order valence-electron chi connectivity index (χ4n) is 2.34. The summed E-state index contributed by atoms with van der Waals surface area (Å²) >= 11 is 7.47. The van der Waals surface area contributed by atoms with Gasteiger partial charge in [0.15, 0.2) is 0 Å². The van der Waals surface area contributed by atoms with Crippen molar-refractivity contribution >= 4 is 22.9 Å². The smallest absolute Gasteiger partial charge is 0.109 e. The second-order valence-electron chi connectivity index (χ2n) is 4.19. The predicted octanol–water partition coefficient (Wildman–Crippen LogP) is 3.09. The summed E-state index contributed by atoms with van der Waals surface area (Å²) in [6.45, 7) is 1.01. The number of rotatable bonds is 2. The molecule has 5 heteroatoms. The van der Waals surface area contributed by atoms with Crippen molar-refractivity contribution in [3.63, 3.8) is 0 Å². The van der Waals surface area contributed by atoms with E-state index < -0.39 is 0 Å². The lowest BCUT2D eigenvalue weighted by atomic mass is 10.1. The van der Waals surface area contributed by atoms with Crippen LogP contribution in [0.3, 0.4) is 0 Å². The molecule has 3 rings (SSSR count). The summed E-state index contributed by atoms with van der Waals surface area (Å²) in [5, 5.41) is 9.54. The first-order chi connectivity index (χ1) is 8.29. The van der Waals surface area contributed by atoms with Gasteiger partial charge in [-0.25, -0.2) is 4.98 Å². The molecule has 2 aromatic heterocycles. The van der Waals surface area contributed by atoms with Crippen LogP contribution in [0.4, 0.5) is 0 Å². The standard InChI is InChI=1S/C12H13ClN2OS/c13-10-5-4-9(17-10)12-8(7-16)15-6-2-1-3-11(15)14-12/h4-5,16H,1-3,6-7H2. The summed E-state index contributed by atoms with van der Waals surface area (Å²) in [5.41, 5.74) is 1.83. The van der Waals surface area contributed by atoms with Crippen LogP contribution in [0.1, 0.15) is 24.4 Å². The number of aliphatic hydroxyl groups excluding tert-OH is 1. The maximum atomic E-state index is 9.54. The van der Waals surface area contributed by atoms with Gasteiger partial charge in [-0.1, -0.05) is 11.6 Å². The van der Waals surface area contributed by atoms with Crippen molar-refractivity contribution < 1.29 is 5.11 Å². The summed E-state index contributed by atoms with van der Waals surface area (Å²) in [6, 6.07) is 3.85. The molecule has 0 aliphatic carbocycles. The van der Waals surface area contributed by atoms with Gasteiger partial charge in [0.25, 0.3) is 0 Å². The lowest BCUT2D eigenvalue weighted by Gasteiger charge is -2.15. The highest BCUT2D eigenvalue weighted by atomic mass is 35.5. The molecular weight excluding hydrogens is 256 g/mol. The third-order valence-electron chi connectivity index (χ3n) is 3.14. The Morgan fingerprint density at radius 2 is 2.29 bits per heavy atom. The van der Waals surface area contributed by atoms with Crippen molar-refractivity contribution in [3.8, 4) is 10.6 Å². The van der Waals surface area contributed by atoms with Crippen LogP contribution < -0.4 is 0 Å². The van der Waals surface area contributed by atoms with Gasteiger partial charge in [-0.2, -0.15) is 0 Å². The van der Waals surface area contributed by atoms with Crippen LogP contribution >= 0.6 is 22.9 Å². The summed E-state index contributed by atoms with van der Waals surface area (Å²) in [6.07, 6.45) is 3.36. The van der Waals surface area contributed by atoms with E-state index in [1.54, 1.807) is 0 Å². The fraction of sp³-hybridized carbons (Fsp3) is 0.417. The molecule has 0 radical (unpaired) electrons. The number of aromatic nitrogens is 2. The Balaban J connectivity index is 2.13. The maximum absolute atomic E-state index is 9.54. The number of aryl methyl sites for hydroxylation is 1. The van der Waals surface area contributed by atoms with Gasteiger partial charge >= 0.3 is 0 Å². The number of hydrogen-bond donors (Lipinski definition) is 1. The average Bonchev–Trinajstić information content (AvgIpc) is 2.91. The highest BCUT2D eigenvalue weighted by molar-refractivity contribution is 7.19. The summed E-state index contributed by atoms with van der Waals surface area (Å²) in [5.74, 6) is 1.10. The Morgan fingerprint density at radius 3 is 3.00 bits per heavy atom. The van der Waals surface area contributed by atoms with Gasteiger partial charge in [-0.3, -0.25) is 0 Å². The first-order valence-corrected chi connectivity index (χ1v) is 6.94. The van der Waals surface area contributed by atoms with Crippen LogP contribution in [0.25, 0.3) is 10.6 Å². The predicted molar refractivity (Wildman–Crippen MR) is 69.4 cm³/mol. The van der Waals surface area contributed by atoms with Crippen molar-refractivity contribution in [2.45, 2.75) is 32.4 Å². The lowest BCUT2D eigenvalue weighted by molar-refractivity contribution is 0.268. The Labute approximate surface area is 109 Å². The van der Waals surface area contributed by atoms with Crippen molar-refractivity contribution in [1.29, 1.82) is 0 Å². The van der Waals surface area contributed by atoms with E-state index in [9.17, 15) is 5.11 Å². The molecule has 0 amide bonds. The maximum Gasteiger partial charge on any atom is 0.109 e. The summed E-state index contributed by atoms with van der Waals surface area (Å²) in [4.78, 5) is 5.70. The number of aliphatic hydroxyl groups is 1. The first-order valence-electron chi connectivity index (χ1n) is 5.74. The minimum atomic E-state index is 0.0395. The molecule has 3 heterocycles. The highest BCUT2D eigenvalue weighted by Gasteiger charge is 2.20. The lowest BCUT2D eigenvalue weighted by Crippen LogP contribution is -2.12. The van der Waals surface area contributed by atoms with Gasteiger partial charge in [0, 0.05) is 13.0 Å². The molecule has 0 unspecified atom stereocenters. The highest BCUT2D eigenvalue weighted by Crippen LogP contribution is 2.34. The Kier molecular flexibility index (Phi) is 2.94. The van der Waals surface area contributed by atoms with E-state index in [-0.39, 0.29) is 6.61 Å². The summed E-state index contributed by atoms with van der Waals surface area (Å²) in [7, 11) is 0. The topological polar surface area (TPSA) is 38.1 Å². The molecule has 0 atom stereocenters. The summed E-state index contributed by atoms with van der Waals surface area (Å²) < 4.78 is 2.92. The number of halogens is 1. The number of imidazole rings is 1. The van der Waals surface area contributed by atoms with Crippen LogP contribution in [0, 0.1) is 0 Å². The third-order valence-corrected chi connectivity index (χ3v) is 4.38. The van der Waals surface area contributed by atoms with Crippen LogP contribution in [0.2, 0.25) is 4.34 Å². The number of thiophene rings is 1. The number of hydrogen-bond acceptors (Lipinski definition) is 3. The molecule has 0 spiro atoms. The molecule has 0 bridgehead atoms. The SMILES string of the molecule is OCc1c(-c2ccc(Cl)s2)nc2n1CCCC2. The van der Waals surface area contributed by atoms with Gasteiger partial charge in [0.1, 0.15) is 11.5 Å². The molecule has 0 aromatic carbocycles. The zero-order valence-electron chi connectivity index (χ0n) is 9.32. The molecule has 1 N–H and O–H groups in total. The molecule has 90 valence electrons. The van der Waals surface area contributed by atoms with E-state index in [1.807, 2.05) is 12.1 Å². The second kappa shape index (κ2) is 4.44. The fourth-order valence-corrected chi connectivity index (χ4v) is 3.40. The molecule has 3 nitrogen and oxygen atoms in total. The number of nitrogens with zero attached hydrogens (tertiary/aromatic N) is 2. The van der Waals surface area contributed by atoms with Crippen LogP contribution in [-0.4, -0.2) is 14.7 Å². The van der Waals surface area contributed by atoms with E-state index in [0.29, 0.717) is 0 Å². The Morgan fingerprint density at radius 1 is 1.41 bits per heavy atom. The van der Waals surface area contributed by atoms with E-state index in [0.717, 1.165) is 39.4 Å². The quantitative estimate of drug-likeness (QED) is 0.909. The molecule has 0 saturated heterocycles. The minimum Gasteiger partial charge on any atom is -0.390 e. The molecule has 2 aromatic rings. The molecule has 1 aliphatic heterocycles. The van der Waals surface area contributed by atoms with Crippen LogP contribution in [0.5, 0.6) is 0 Å². The van der Waals surface area contributed by atoms with Crippen molar-refractivity contribution in [2.75, 3.05) is 0 Å². The molecule has 1 aliphatic rings. The normalized spacial score (nSPS) is 14.9. The molecule has 17 heavy (non-hydrogen) atoms. The van der Waals surface area contributed by atoms with Crippen molar-refractivity contribution in [3.05, 3.63) is 28.0 Å².